The molecule has 0 spiro atoms. The minimum Gasteiger partial charge on any atom is -0.496 e. The van der Waals surface area contributed by atoms with Crippen molar-refractivity contribution in [2.24, 2.45) is 0 Å². The number of alkyl halides is 1. The predicted molar refractivity (Wildman–Crippen MR) is 84.4 cm³/mol. The van der Waals surface area contributed by atoms with Gasteiger partial charge >= 0.3 is 0 Å². The molecule has 2 rings (SSSR count). The molecule has 0 saturated heterocycles. The van der Waals surface area contributed by atoms with E-state index in [1.54, 1.807) is 7.11 Å². The van der Waals surface area contributed by atoms with Gasteiger partial charge in [-0.1, -0.05) is 51.8 Å². The first kappa shape index (κ1) is 14.7. The number of benzene rings is 2. The molecule has 100 valence electrons. The maximum atomic E-state index is 6.50. The Kier molecular flexibility index (Phi) is 5.14. The highest BCUT2D eigenvalue weighted by molar-refractivity contribution is 9.10. The largest absolute Gasteiger partial charge is 0.496 e. The van der Waals surface area contributed by atoms with Crippen molar-refractivity contribution in [3.8, 4) is 5.75 Å². The summed E-state index contributed by atoms with van der Waals surface area (Å²) in [5.41, 5.74) is 2.00. The fraction of sp³-hybridized carbons (Fsp3) is 0.200. The molecule has 0 radical (unpaired) electrons. The van der Waals surface area contributed by atoms with Crippen LogP contribution in [-0.2, 0) is 6.42 Å². The normalized spacial score (nSPS) is 12.2. The van der Waals surface area contributed by atoms with E-state index in [4.69, 9.17) is 27.9 Å². The zero-order valence-electron chi connectivity index (χ0n) is 10.4. The summed E-state index contributed by atoms with van der Waals surface area (Å²) in [5, 5.41) is 0.562. The van der Waals surface area contributed by atoms with Gasteiger partial charge in [-0.25, -0.2) is 0 Å². The summed E-state index contributed by atoms with van der Waals surface area (Å²) in [6.07, 6.45) is 0.666. The predicted octanol–water partition coefficient (Wildman–Crippen LogP) is 5.63. The molecule has 2 aromatic carbocycles. The smallest absolute Gasteiger partial charge is 0.124 e. The molecule has 1 nitrogen and oxygen atoms in total. The highest BCUT2D eigenvalue weighted by Gasteiger charge is 2.15. The van der Waals surface area contributed by atoms with Crippen molar-refractivity contribution >= 4 is 39.1 Å². The number of methoxy groups -OCH3 is 1. The molecular weight excluding hydrogens is 347 g/mol. The summed E-state index contributed by atoms with van der Waals surface area (Å²) < 4.78 is 6.34. The van der Waals surface area contributed by atoms with Gasteiger partial charge in [-0.3, -0.25) is 0 Å². The minimum atomic E-state index is -0.178. The van der Waals surface area contributed by atoms with Crippen molar-refractivity contribution in [3.05, 3.63) is 63.1 Å². The second kappa shape index (κ2) is 6.65. The summed E-state index contributed by atoms with van der Waals surface area (Å²) in [6.45, 7) is 0. The number of rotatable bonds is 4. The summed E-state index contributed by atoms with van der Waals surface area (Å²) in [6, 6.07) is 13.6. The van der Waals surface area contributed by atoms with Gasteiger partial charge in [0.2, 0.25) is 0 Å². The van der Waals surface area contributed by atoms with Crippen LogP contribution in [0.1, 0.15) is 16.5 Å². The molecule has 0 bridgehead atoms. The number of hydrogen-bond acceptors (Lipinski definition) is 1. The molecule has 0 amide bonds. The maximum absolute atomic E-state index is 6.50. The van der Waals surface area contributed by atoms with Crippen LogP contribution in [0.4, 0.5) is 0 Å². The van der Waals surface area contributed by atoms with Gasteiger partial charge in [0.05, 0.1) is 12.5 Å². The highest BCUT2D eigenvalue weighted by Crippen LogP contribution is 2.35. The van der Waals surface area contributed by atoms with E-state index in [0.717, 1.165) is 26.4 Å². The lowest BCUT2D eigenvalue weighted by Gasteiger charge is -2.15. The Balaban J connectivity index is 2.25. The fourth-order valence-electron chi connectivity index (χ4n) is 1.91. The van der Waals surface area contributed by atoms with E-state index in [1.807, 2.05) is 42.5 Å². The highest BCUT2D eigenvalue weighted by atomic mass is 79.9. The summed E-state index contributed by atoms with van der Waals surface area (Å²) >= 11 is 16.1. The molecule has 1 unspecified atom stereocenters. The van der Waals surface area contributed by atoms with Crippen LogP contribution in [0.5, 0.6) is 5.75 Å². The van der Waals surface area contributed by atoms with Gasteiger partial charge in [-0.15, -0.1) is 11.6 Å². The minimum absolute atomic E-state index is 0.178. The average Bonchev–Trinajstić information content (AvgIpc) is 2.41. The monoisotopic (exact) mass is 358 g/mol. The number of halogens is 3. The molecule has 19 heavy (non-hydrogen) atoms. The first-order chi connectivity index (χ1) is 9.11. The maximum Gasteiger partial charge on any atom is 0.124 e. The molecule has 0 fully saturated rings. The molecule has 2 aromatic rings. The third kappa shape index (κ3) is 3.65. The fourth-order valence-corrected chi connectivity index (χ4v) is 2.81. The van der Waals surface area contributed by atoms with Crippen LogP contribution >= 0.6 is 39.1 Å². The number of hydrogen-bond donors (Lipinski definition) is 0. The molecule has 1 atom stereocenters. The average molecular weight is 360 g/mol. The Morgan fingerprint density at radius 2 is 1.95 bits per heavy atom. The van der Waals surface area contributed by atoms with Gasteiger partial charge in [0.1, 0.15) is 5.75 Å². The Bertz CT molecular complexity index is 572. The van der Waals surface area contributed by atoms with E-state index in [2.05, 4.69) is 15.9 Å². The quantitative estimate of drug-likeness (QED) is 0.642. The summed E-state index contributed by atoms with van der Waals surface area (Å²) in [5.74, 6) is 0.779. The molecule has 0 aromatic heterocycles. The zero-order valence-corrected chi connectivity index (χ0v) is 13.5. The van der Waals surface area contributed by atoms with E-state index in [9.17, 15) is 0 Å². The molecule has 0 aliphatic rings. The Hall–Kier alpha value is -0.700. The SMILES string of the molecule is COc1cc(Br)ccc1C(Cl)Cc1ccccc1Cl. The second-order valence-electron chi connectivity index (χ2n) is 4.15. The topological polar surface area (TPSA) is 9.23 Å². The molecule has 4 heteroatoms. The van der Waals surface area contributed by atoms with Crippen molar-refractivity contribution in [3.63, 3.8) is 0 Å². The van der Waals surface area contributed by atoms with Crippen molar-refractivity contribution < 1.29 is 4.74 Å². The summed E-state index contributed by atoms with van der Waals surface area (Å²) in [7, 11) is 1.64. The van der Waals surface area contributed by atoms with E-state index in [0.29, 0.717) is 6.42 Å². The number of ether oxygens (including phenoxy) is 1. The van der Waals surface area contributed by atoms with Gasteiger partial charge in [-0.05, 0) is 30.2 Å². The Morgan fingerprint density at radius 3 is 2.63 bits per heavy atom. The lowest BCUT2D eigenvalue weighted by atomic mass is 10.0. The van der Waals surface area contributed by atoms with Crippen LogP contribution in [0.3, 0.4) is 0 Å². The lowest BCUT2D eigenvalue weighted by Crippen LogP contribution is -1.99. The second-order valence-corrected chi connectivity index (χ2v) is 6.00. The van der Waals surface area contributed by atoms with Crippen LogP contribution in [-0.4, -0.2) is 7.11 Å². The molecule has 0 saturated carbocycles. The molecular formula is C15H13BrCl2O. The molecule has 0 heterocycles. The van der Waals surface area contributed by atoms with Crippen LogP contribution in [0.25, 0.3) is 0 Å². The van der Waals surface area contributed by atoms with Gasteiger partial charge < -0.3 is 4.74 Å². The zero-order chi connectivity index (χ0) is 13.8. The van der Waals surface area contributed by atoms with E-state index < -0.39 is 0 Å². The summed E-state index contributed by atoms with van der Waals surface area (Å²) in [4.78, 5) is 0. The van der Waals surface area contributed by atoms with Crippen LogP contribution in [0.2, 0.25) is 5.02 Å². The van der Waals surface area contributed by atoms with E-state index in [1.165, 1.54) is 0 Å². The van der Waals surface area contributed by atoms with Crippen molar-refractivity contribution in [1.82, 2.24) is 0 Å². The van der Waals surface area contributed by atoms with Gasteiger partial charge in [0.25, 0.3) is 0 Å². The van der Waals surface area contributed by atoms with Gasteiger partial charge in [-0.2, -0.15) is 0 Å². The standard InChI is InChI=1S/C15H13BrCl2O/c1-19-15-9-11(16)6-7-12(15)14(18)8-10-4-2-3-5-13(10)17/h2-7,9,14H,8H2,1H3. The van der Waals surface area contributed by atoms with Gasteiger partial charge in [0.15, 0.2) is 0 Å². The van der Waals surface area contributed by atoms with Crippen LogP contribution in [0.15, 0.2) is 46.9 Å². The van der Waals surface area contributed by atoms with E-state index in [-0.39, 0.29) is 5.38 Å². The molecule has 0 aliphatic heterocycles. The lowest BCUT2D eigenvalue weighted by molar-refractivity contribution is 0.408. The Morgan fingerprint density at radius 1 is 1.21 bits per heavy atom. The molecule has 0 aliphatic carbocycles. The van der Waals surface area contributed by atoms with Crippen LogP contribution < -0.4 is 4.74 Å². The first-order valence-corrected chi connectivity index (χ1v) is 7.43. The third-order valence-corrected chi connectivity index (χ3v) is 4.14. The van der Waals surface area contributed by atoms with Crippen molar-refractivity contribution in [2.75, 3.05) is 7.11 Å². The van der Waals surface area contributed by atoms with E-state index >= 15 is 0 Å². The van der Waals surface area contributed by atoms with Crippen molar-refractivity contribution in [2.45, 2.75) is 11.8 Å². The van der Waals surface area contributed by atoms with Gasteiger partial charge in [0, 0.05) is 15.1 Å². The van der Waals surface area contributed by atoms with Crippen LogP contribution in [0, 0.1) is 0 Å². The first-order valence-electron chi connectivity index (χ1n) is 5.82. The molecule has 0 N–H and O–H groups in total. The third-order valence-electron chi connectivity index (χ3n) is 2.89. The van der Waals surface area contributed by atoms with Crippen molar-refractivity contribution in [1.29, 1.82) is 0 Å². The Labute approximate surface area is 131 Å².